The minimum absolute atomic E-state index is 0.276. The molecule has 3 aromatic carbocycles. The zero-order chi connectivity index (χ0) is 20.4. The first kappa shape index (κ1) is 20.5. The molecule has 0 saturated carbocycles. The van der Waals surface area contributed by atoms with Crippen molar-refractivity contribution in [2.24, 2.45) is 0 Å². The van der Waals surface area contributed by atoms with E-state index in [1.54, 1.807) is 12.1 Å². The normalized spacial score (nSPS) is 13.3. The number of nitrogens with one attached hydrogen (secondary N) is 1. The molecule has 0 fully saturated rings. The summed E-state index contributed by atoms with van der Waals surface area (Å²) in [6, 6.07) is 25.3. The van der Waals surface area contributed by atoms with Gasteiger partial charge in [0.05, 0.1) is 4.90 Å². The largest absolute Gasteiger partial charge is 0.240 e. The van der Waals surface area contributed by atoms with Gasteiger partial charge in [-0.2, -0.15) is 0 Å². The Hall–Kier alpha value is -2.21. The second-order valence-corrected chi connectivity index (χ2v) is 14.1. The molecule has 0 heterocycles. The first-order valence-corrected chi connectivity index (χ1v) is 14.0. The van der Waals surface area contributed by atoms with Crippen LogP contribution in [-0.2, 0) is 10.0 Å². The molecule has 0 radical (unpaired) electrons. The quantitative estimate of drug-likeness (QED) is 0.610. The third kappa shape index (κ3) is 4.27. The van der Waals surface area contributed by atoms with Crippen LogP contribution in [0.3, 0.4) is 0 Å². The molecule has 0 aliphatic carbocycles. The van der Waals surface area contributed by atoms with E-state index < -0.39 is 18.1 Å². The van der Waals surface area contributed by atoms with Crippen molar-refractivity contribution in [2.75, 3.05) is 0 Å². The molecule has 3 rings (SSSR count). The Morgan fingerprint density at radius 1 is 0.786 bits per heavy atom. The molecule has 0 bridgehead atoms. The summed E-state index contributed by atoms with van der Waals surface area (Å²) in [6.07, 6.45) is 0. The van der Waals surface area contributed by atoms with Crippen LogP contribution in [0, 0.1) is 13.8 Å². The van der Waals surface area contributed by atoms with Crippen molar-refractivity contribution in [2.45, 2.75) is 37.5 Å². The van der Waals surface area contributed by atoms with Gasteiger partial charge in [-0.25, -0.2) is 13.1 Å². The second kappa shape index (κ2) is 8.03. The highest BCUT2D eigenvalue weighted by Crippen LogP contribution is 2.29. The van der Waals surface area contributed by atoms with E-state index in [0.29, 0.717) is 4.90 Å². The number of benzene rings is 3. The summed E-state index contributed by atoms with van der Waals surface area (Å²) >= 11 is 0. The molecule has 0 saturated heterocycles. The van der Waals surface area contributed by atoms with E-state index in [-0.39, 0.29) is 5.67 Å². The molecule has 1 unspecified atom stereocenters. The molecule has 5 heteroatoms. The Bertz CT molecular complexity index is 1050. The molecular formula is C23H27NO2SSi. The van der Waals surface area contributed by atoms with Gasteiger partial charge in [0.25, 0.3) is 0 Å². The second-order valence-electron chi connectivity index (χ2n) is 7.81. The average Bonchev–Trinajstić information content (AvgIpc) is 2.68. The van der Waals surface area contributed by atoms with Crippen LogP contribution in [0.2, 0.25) is 13.1 Å². The van der Waals surface area contributed by atoms with Gasteiger partial charge in [-0.05, 0) is 37.1 Å². The molecule has 0 aliphatic rings. The average molecular weight is 410 g/mol. The third-order valence-electron chi connectivity index (χ3n) is 5.34. The van der Waals surface area contributed by atoms with Gasteiger partial charge in [-0.1, -0.05) is 90.6 Å². The van der Waals surface area contributed by atoms with Crippen molar-refractivity contribution in [1.29, 1.82) is 0 Å². The van der Waals surface area contributed by atoms with Crippen molar-refractivity contribution in [3.63, 3.8) is 0 Å². The predicted molar refractivity (Wildman–Crippen MR) is 119 cm³/mol. The van der Waals surface area contributed by atoms with Crippen molar-refractivity contribution < 1.29 is 8.42 Å². The molecule has 1 N–H and O–H groups in total. The smallest absolute Gasteiger partial charge is 0.207 e. The fourth-order valence-corrected chi connectivity index (χ4v) is 8.68. The summed E-state index contributed by atoms with van der Waals surface area (Å²) in [4.78, 5) is 0.301. The Morgan fingerprint density at radius 3 is 1.96 bits per heavy atom. The SMILES string of the molecule is Cc1ccc(S(=O)(=O)NC(c2ccccc2C)[Si](C)(C)c2ccccc2)cc1. The summed E-state index contributed by atoms with van der Waals surface area (Å²) in [5.41, 5.74) is 2.89. The highest BCUT2D eigenvalue weighted by Gasteiger charge is 2.38. The highest BCUT2D eigenvalue weighted by atomic mass is 32.2. The Morgan fingerprint density at radius 2 is 1.36 bits per heavy atom. The topological polar surface area (TPSA) is 46.2 Å². The molecule has 0 aliphatic heterocycles. The molecule has 3 nitrogen and oxygen atoms in total. The van der Waals surface area contributed by atoms with Crippen LogP contribution in [0.5, 0.6) is 0 Å². The predicted octanol–water partition coefficient (Wildman–Crippen LogP) is 4.48. The molecule has 3 aromatic rings. The summed E-state index contributed by atoms with van der Waals surface area (Å²) in [7, 11) is -5.87. The lowest BCUT2D eigenvalue weighted by Crippen LogP contribution is -2.54. The van der Waals surface area contributed by atoms with E-state index in [9.17, 15) is 8.42 Å². The Labute approximate surface area is 169 Å². The maximum absolute atomic E-state index is 13.2. The molecule has 146 valence electrons. The minimum atomic E-state index is -3.65. The lowest BCUT2D eigenvalue weighted by molar-refractivity contribution is 0.577. The van der Waals surface area contributed by atoms with Gasteiger partial charge in [-0.15, -0.1) is 0 Å². The first-order chi connectivity index (χ1) is 13.2. The zero-order valence-corrected chi connectivity index (χ0v) is 18.6. The van der Waals surface area contributed by atoms with Crippen molar-refractivity contribution in [1.82, 2.24) is 4.72 Å². The molecule has 0 aromatic heterocycles. The van der Waals surface area contributed by atoms with Crippen molar-refractivity contribution >= 4 is 23.3 Å². The van der Waals surface area contributed by atoms with Crippen LogP contribution in [0.25, 0.3) is 0 Å². The van der Waals surface area contributed by atoms with Gasteiger partial charge in [0.15, 0.2) is 0 Å². The highest BCUT2D eigenvalue weighted by molar-refractivity contribution is 7.89. The van der Waals surface area contributed by atoms with Crippen LogP contribution in [-0.4, -0.2) is 16.5 Å². The van der Waals surface area contributed by atoms with E-state index in [4.69, 9.17) is 0 Å². The Kier molecular flexibility index (Phi) is 5.89. The van der Waals surface area contributed by atoms with Crippen molar-refractivity contribution in [3.8, 4) is 0 Å². The van der Waals surface area contributed by atoms with Gasteiger partial charge in [0, 0.05) is 5.67 Å². The third-order valence-corrected chi connectivity index (χ3v) is 10.7. The monoisotopic (exact) mass is 409 g/mol. The number of hydrogen-bond acceptors (Lipinski definition) is 2. The molecular weight excluding hydrogens is 382 g/mol. The number of sulfonamides is 1. The molecule has 28 heavy (non-hydrogen) atoms. The van der Waals surface area contributed by atoms with Gasteiger partial charge in [-0.3, -0.25) is 0 Å². The van der Waals surface area contributed by atoms with E-state index in [1.165, 1.54) is 5.19 Å². The number of hydrogen-bond donors (Lipinski definition) is 1. The van der Waals surface area contributed by atoms with Crippen LogP contribution in [0.1, 0.15) is 22.4 Å². The van der Waals surface area contributed by atoms with Crippen LogP contribution in [0.15, 0.2) is 83.8 Å². The van der Waals surface area contributed by atoms with E-state index in [2.05, 4.69) is 29.9 Å². The number of aryl methyl sites for hydroxylation is 2. The fourth-order valence-electron chi connectivity index (χ4n) is 3.49. The summed E-state index contributed by atoms with van der Waals surface area (Å²) in [5, 5.41) is 1.22. The van der Waals surface area contributed by atoms with E-state index in [1.807, 2.05) is 68.4 Å². The molecule has 1 atom stereocenters. The van der Waals surface area contributed by atoms with Gasteiger partial charge in [0.2, 0.25) is 10.0 Å². The zero-order valence-electron chi connectivity index (χ0n) is 16.8. The number of rotatable bonds is 6. The van der Waals surface area contributed by atoms with Gasteiger partial charge >= 0.3 is 0 Å². The van der Waals surface area contributed by atoms with E-state index >= 15 is 0 Å². The summed E-state index contributed by atoms with van der Waals surface area (Å²) < 4.78 is 29.5. The standard InChI is InChI=1S/C23H27NO2SSi/c1-18-14-16-20(17-15-18)27(25,26)24-23(22-13-9-8-10-19(22)2)28(3,4)21-11-6-5-7-12-21/h5-17,23-24H,1-4H3. The van der Waals surface area contributed by atoms with E-state index in [0.717, 1.165) is 16.7 Å². The summed E-state index contributed by atoms with van der Waals surface area (Å²) in [5.74, 6) is 0. The minimum Gasteiger partial charge on any atom is -0.207 e. The Balaban J connectivity index is 2.09. The van der Waals surface area contributed by atoms with Gasteiger partial charge in [0.1, 0.15) is 8.07 Å². The van der Waals surface area contributed by atoms with Gasteiger partial charge < -0.3 is 0 Å². The molecule has 0 spiro atoms. The maximum atomic E-state index is 13.2. The van der Waals surface area contributed by atoms with Crippen molar-refractivity contribution in [3.05, 3.63) is 95.6 Å². The maximum Gasteiger partial charge on any atom is 0.240 e. The summed E-state index contributed by atoms with van der Waals surface area (Å²) in [6.45, 7) is 8.43. The van der Waals surface area contributed by atoms with Crippen LogP contribution >= 0.6 is 0 Å². The first-order valence-electron chi connectivity index (χ1n) is 9.42. The fraction of sp³-hybridized carbons (Fsp3) is 0.217. The van der Waals surface area contributed by atoms with Crippen LogP contribution < -0.4 is 9.91 Å². The lowest BCUT2D eigenvalue weighted by Gasteiger charge is -2.34. The molecule has 0 amide bonds. The van der Waals surface area contributed by atoms with Crippen LogP contribution in [0.4, 0.5) is 0 Å². The lowest BCUT2D eigenvalue weighted by atomic mass is 10.1.